The van der Waals surface area contributed by atoms with Gasteiger partial charge in [-0.3, -0.25) is 0 Å². The van der Waals surface area contributed by atoms with Crippen LogP contribution in [0, 0.1) is 35.1 Å². The molecule has 0 radical (unpaired) electrons. The Hall–Kier alpha value is -1.70. The highest BCUT2D eigenvalue weighted by atomic mass is 19.2. The number of hydrogen-bond acceptors (Lipinski definition) is 1. The molecule has 110 valence electrons. The van der Waals surface area contributed by atoms with Crippen LogP contribution in [0.15, 0.2) is 0 Å². The topological polar surface area (TPSA) is 9.23 Å². The van der Waals surface area contributed by atoms with Crippen molar-refractivity contribution in [3.8, 4) is 17.6 Å². The zero-order chi connectivity index (χ0) is 15.1. The number of halogens is 4. The number of hydrogen-bond donors (Lipinski definition) is 0. The second-order valence-corrected chi connectivity index (χ2v) is 4.28. The first-order chi connectivity index (χ1) is 9.54. The molecule has 20 heavy (non-hydrogen) atoms. The van der Waals surface area contributed by atoms with Crippen molar-refractivity contribution in [2.75, 3.05) is 7.11 Å². The minimum atomic E-state index is -1.57. The zero-order valence-electron chi connectivity index (χ0n) is 11.5. The minimum absolute atomic E-state index is 0.425. The van der Waals surface area contributed by atoms with E-state index in [9.17, 15) is 17.6 Å². The molecule has 0 N–H and O–H groups in total. The maximum Gasteiger partial charge on any atom is 0.205 e. The molecule has 0 atom stereocenters. The molecule has 1 aromatic carbocycles. The first-order valence-electron chi connectivity index (χ1n) is 6.43. The average Bonchev–Trinajstić information content (AvgIpc) is 2.44. The maximum atomic E-state index is 13.6. The van der Waals surface area contributed by atoms with E-state index in [0.717, 1.165) is 32.8 Å². The summed E-state index contributed by atoms with van der Waals surface area (Å²) in [6, 6.07) is 0. The van der Waals surface area contributed by atoms with Gasteiger partial charge in [0.25, 0.3) is 0 Å². The molecule has 1 rings (SSSR count). The molecule has 1 aromatic rings. The second kappa shape index (κ2) is 7.78. The molecule has 0 aliphatic heterocycles. The highest BCUT2D eigenvalue weighted by molar-refractivity contribution is 5.43. The summed E-state index contributed by atoms with van der Waals surface area (Å²) >= 11 is 0. The summed E-state index contributed by atoms with van der Waals surface area (Å²) in [5, 5.41) is 0. The van der Waals surface area contributed by atoms with Crippen LogP contribution >= 0.6 is 0 Å². The van der Waals surface area contributed by atoms with Crippen LogP contribution in [-0.4, -0.2) is 7.11 Å². The summed E-state index contributed by atoms with van der Waals surface area (Å²) in [4.78, 5) is 0. The quantitative estimate of drug-likeness (QED) is 0.334. The van der Waals surface area contributed by atoms with Crippen LogP contribution in [0.25, 0.3) is 0 Å². The fraction of sp³-hybridized carbons (Fsp3) is 0.467. The van der Waals surface area contributed by atoms with Crippen molar-refractivity contribution in [1.82, 2.24) is 0 Å². The summed E-state index contributed by atoms with van der Waals surface area (Å²) < 4.78 is 58.2. The molecular weight excluding hydrogens is 272 g/mol. The molecule has 0 saturated heterocycles. The van der Waals surface area contributed by atoms with Crippen LogP contribution in [0.3, 0.4) is 0 Å². The number of unbranched alkanes of at least 4 members (excludes halogenated alkanes) is 4. The molecule has 0 bridgehead atoms. The first kappa shape index (κ1) is 16.4. The third kappa shape index (κ3) is 3.66. The fourth-order valence-corrected chi connectivity index (χ4v) is 1.69. The van der Waals surface area contributed by atoms with E-state index in [1.54, 1.807) is 0 Å². The van der Waals surface area contributed by atoms with Crippen molar-refractivity contribution in [2.45, 2.75) is 39.0 Å². The van der Waals surface area contributed by atoms with E-state index < -0.39 is 34.6 Å². The zero-order valence-corrected chi connectivity index (χ0v) is 11.5. The number of methoxy groups -OCH3 is 1. The predicted molar refractivity (Wildman–Crippen MR) is 68.5 cm³/mol. The lowest BCUT2D eigenvalue weighted by Gasteiger charge is -2.07. The molecule has 0 heterocycles. The van der Waals surface area contributed by atoms with Crippen LogP contribution in [-0.2, 0) is 0 Å². The van der Waals surface area contributed by atoms with Gasteiger partial charge in [-0.2, -0.15) is 8.78 Å². The normalized spacial score (nSPS) is 10.1. The molecule has 5 heteroatoms. The van der Waals surface area contributed by atoms with Crippen molar-refractivity contribution in [3.63, 3.8) is 0 Å². The number of benzene rings is 1. The van der Waals surface area contributed by atoms with Gasteiger partial charge in [0.1, 0.15) is 5.56 Å². The average molecular weight is 288 g/mol. The van der Waals surface area contributed by atoms with Crippen LogP contribution in [0.4, 0.5) is 17.6 Å². The second-order valence-electron chi connectivity index (χ2n) is 4.28. The number of rotatable bonds is 5. The molecule has 0 aromatic heterocycles. The minimum Gasteiger partial charge on any atom is -0.491 e. The van der Waals surface area contributed by atoms with Gasteiger partial charge >= 0.3 is 0 Å². The highest BCUT2D eigenvalue weighted by Gasteiger charge is 2.25. The SMILES string of the molecule is CCCCCCC#Cc1c(F)c(F)c(OC)c(F)c1F. The largest absolute Gasteiger partial charge is 0.491 e. The molecule has 0 saturated carbocycles. The van der Waals surface area contributed by atoms with E-state index in [0.29, 0.717) is 6.42 Å². The molecule has 0 amide bonds. The summed E-state index contributed by atoms with van der Waals surface area (Å²) in [7, 11) is 0.930. The standard InChI is InChI=1S/C15H16F4O/c1-3-4-5-6-7-8-9-10-11(16)13(18)15(20-2)14(19)12(10)17/h3-7H2,1-2H3. The van der Waals surface area contributed by atoms with Crippen molar-refractivity contribution >= 4 is 0 Å². The van der Waals surface area contributed by atoms with Gasteiger partial charge in [-0.25, -0.2) is 8.78 Å². The third-order valence-corrected chi connectivity index (χ3v) is 2.80. The Morgan fingerprint density at radius 2 is 1.50 bits per heavy atom. The van der Waals surface area contributed by atoms with E-state index in [-0.39, 0.29) is 0 Å². The van der Waals surface area contributed by atoms with E-state index in [2.05, 4.69) is 23.5 Å². The van der Waals surface area contributed by atoms with E-state index >= 15 is 0 Å². The number of ether oxygens (including phenoxy) is 1. The summed E-state index contributed by atoms with van der Waals surface area (Å²) in [6.45, 7) is 2.05. The van der Waals surface area contributed by atoms with Crippen molar-refractivity contribution in [3.05, 3.63) is 28.8 Å². The lowest BCUT2D eigenvalue weighted by molar-refractivity contribution is 0.331. The van der Waals surface area contributed by atoms with Gasteiger partial charge in [0.05, 0.1) is 7.11 Å². The monoisotopic (exact) mass is 288 g/mol. The van der Waals surface area contributed by atoms with Crippen molar-refractivity contribution in [1.29, 1.82) is 0 Å². The summed E-state index contributed by atoms with van der Waals surface area (Å²) in [5.41, 5.74) is -0.892. The Labute approximate surface area is 115 Å². The Morgan fingerprint density at radius 1 is 0.900 bits per heavy atom. The Kier molecular flexibility index (Phi) is 6.37. The molecular formula is C15H16F4O. The Balaban J connectivity index is 2.94. The van der Waals surface area contributed by atoms with Gasteiger partial charge in [-0.05, 0) is 6.42 Å². The molecule has 0 unspecified atom stereocenters. The Bertz CT molecular complexity index is 500. The van der Waals surface area contributed by atoms with Gasteiger partial charge in [0.2, 0.25) is 11.6 Å². The van der Waals surface area contributed by atoms with Crippen molar-refractivity contribution in [2.24, 2.45) is 0 Å². The van der Waals surface area contributed by atoms with E-state index in [4.69, 9.17) is 0 Å². The van der Waals surface area contributed by atoms with Crippen LogP contribution in [0.1, 0.15) is 44.6 Å². The van der Waals surface area contributed by atoms with Crippen molar-refractivity contribution < 1.29 is 22.3 Å². The smallest absolute Gasteiger partial charge is 0.205 e. The molecule has 0 aliphatic rings. The maximum absolute atomic E-state index is 13.6. The first-order valence-corrected chi connectivity index (χ1v) is 6.43. The van der Waals surface area contributed by atoms with E-state index in [1.165, 1.54) is 0 Å². The van der Waals surface area contributed by atoms with Crippen LogP contribution in [0.2, 0.25) is 0 Å². The van der Waals surface area contributed by atoms with Crippen LogP contribution in [0.5, 0.6) is 5.75 Å². The molecule has 0 spiro atoms. The van der Waals surface area contributed by atoms with Gasteiger partial charge in [0.15, 0.2) is 17.4 Å². The fourth-order valence-electron chi connectivity index (χ4n) is 1.69. The van der Waals surface area contributed by atoms with Gasteiger partial charge in [0, 0.05) is 6.42 Å². The highest BCUT2D eigenvalue weighted by Crippen LogP contribution is 2.29. The summed E-state index contributed by atoms with van der Waals surface area (Å²) in [6.07, 6.45) is 4.28. The molecule has 0 aliphatic carbocycles. The molecule has 0 fully saturated rings. The third-order valence-electron chi connectivity index (χ3n) is 2.80. The lowest BCUT2D eigenvalue weighted by Crippen LogP contribution is -2.04. The van der Waals surface area contributed by atoms with Gasteiger partial charge in [-0.15, -0.1) is 0 Å². The van der Waals surface area contributed by atoms with Gasteiger partial charge in [-0.1, -0.05) is 38.0 Å². The van der Waals surface area contributed by atoms with E-state index in [1.807, 2.05) is 0 Å². The Morgan fingerprint density at radius 3 is 2.00 bits per heavy atom. The molecule has 1 nitrogen and oxygen atoms in total. The lowest BCUT2D eigenvalue weighted by atomic mass is 10.1. The predicted octanol–water partition coefficient (Wildman–Crippen LogP) is 4.57. The van der Waals surface area contributed by atoms with Gasteiger partial charge < -0.3 is 4.74 Å². The summed E-state index contributed by atoms with van der Waals surface area (Å²) in [5.74, 6) is -2.58. The van der Waals surface area contributed by atoms with Crippen LogP contribution < -0.4 is 4.74 Å².